The lowest BCUT2D eigenvalue weighted by molar-refractivity contribution is -0.137. The summed E-state index contributed by atoms with van der Waals surface area (Å²) in [4.78, 5) is 32.1. The van der Waals surface area contributed by atoms with Crippen LogP contribution in [0.15, 0.2) is 40.9 Å². The largest absolute Gasteiger partial charge is 0.481 e. The van der Waals surface area contributed by atoms with Gasteiger partial charge >= 0.3 is 5.97 Å². The van der Waals surface area contributed by atoms with Crippen LogP contribution in [0.4, 0.5) is 10.2 Å². The molecule has 9 heteroatoms. The van der Waals surface area contributed by atoms with Gasteiger partial charge in [0.15, 0.2) is 0 Å². The number of fused-ring (bicyclic) bond motifs is 1. The quantitative estimate of drug-likeness (QED) is 0.305. The number of benzene rings is 2. The Morgan fingerprint density at radius 1 is 1.24 bits per heavy atom. The molecule has 2 aromatic carbocycles. The number of anilines is 1. The van der Waals surface area contributed by atoms with E-state index in [1.807, 2.05) is 25.1 Å². The van der Waals surface area contributed by atoms with Gasteiger partial charge in [-0.05, 0) is 74.1 Å². The second-order valence-corrected chi connectivity index (χ2v) is 11.1. The van der Waals surface area contributed by atoms with Gasteiger partial charge in [-0.2, -0.15) is 0 Å². The number of carbonyl (C=O) groups excluding carboxylic acids is 1. The standard InChI is InChI=1S/C28H30BrClFN3O3/c1-16-9-11-34(12-10-16)27-17(2)26(22-13-19(29)4-7-24(22)33-27)28(37)32-15-18(3-8-25(35)36)21-14-20(31)5-6-23(21)30/h4-7,13-14,16,18H,3,8-12,15H2,1-2H3,(H,32,37)(H,35,36). The van der Waals surface area contributed by atoms with Crippen LogP contribution in [-0.2, 0) is 4.79 Å². The molecular weight excluding hydrogens is 561 g/mol. The van der Waals surface area contributed by atoms with Crippen molar-refractivity contribution in [2.75, 3.05) is 24.5 Å². The predicted molar refractivity (Wildman–Crippen MR) is 148 cm³/mol. The van der Waals surface area contributed by atoms with Gasteiger partial charge < -0.3 is 15.3 Å². The van der Waals surface area contributed by atoms with Crippen LogP contribution in [0.2, 0.25) is 5.02 Å². The molecule has 0 saturated carbocycles. The molecule has 3 aromatic rings. The van der Waals surface area contributed by atoms with Crippen molar-refractivity contribution >= 4 is 56.1 Å². The van der Waals surface area contributed by atoms with Crippen LogP contribution in [0.5, 0.6) is 0 Å². The summed E-state index contributed by atoms with van der Waals surface area (Å²) < 4.78 is 14.8. The maximum absolute atomic E-state index is 14.0. The van der Waals surface area contributed by atoms with Crippen LogP contribution >= 0.6 is 27.5 Å². The number of piperidine rings is 1. The molecule has 196 valence electrons. The van der Waals surface area contributed by atoms with Gasteiger partial charge in [0.1, 0.15) is 11.6 Å². The fourth-order valence-corrected chi connectivity index (χ4v) is 5.57. The van der Waals surface area contributed by atoms with Crippen molar-refractivity contribution < 1.29 is 19.1 Å². The monoisotopic (exact) mass is 589 g/mol. The highest BCUT2D eigenvalue weighted by molar-refractivity contribution is 9.10. The Balaban J connectivity index is 1.68. The number of carboxylic acid groups (broad SMARTS) is 1. The summed E-state index contributed by atoms with van der Waals surface area (Å²) in [5.74, 6) is -0.720. The Kier molecular flexibility index (Phi) is 8.70. The van der Waals surface area contributed by atoms with Crippen LogP contribution in [-0.4, -0.2) is 41.6 Å². The summed E-state index contributed by atoms with van der Waals surface area (Å²) in [7, 11) is 0. The van der Waals surface area contributed by atoms with Crippen LogP contribution < -0.4 is 10.2 Å². The molecule has 6 nitrogen and oxygen atoms in total. The fourth-order valence-electron chi connectivity index (χ4n) is 4.94. The van der Waals surface area contributed by atoms with Gasteiger partial charge in [0, 0.05) is 52.4 Å². The zero-order valence-electron chi connectivity index (χ0n) is 20.9. The number of aromatic nitrogens is 1. The minimum atomic E-state index is -0.967. The van der Waals surface area contributed by atoms with Crippen LogP contribution in [0.3, 0.4) is 0 Å². The Bertz CT molecular complexity index is 1330. The van der Waals surface area contributed by atoms with E-state index in [0.717, 1.165) is 52.7 Å². The lowest BCUT2D eigenvalue weighted by Crippen LogP contribution is -2.35. The molecule has 0 bridgehead atoms. The Hall–Kier alpha value is -2.71. The molecule has 1 saturated heterocycles. The SMILES string of the molecule is Cc1c(N2CCC(C)CC2)nc2ccc(Br)cc2c1C(=O)NCC(CCC(=O)O)c1cc(F)ccc1Cl. The first-order valence-electron chi connectivity index (χ1n) is 12.4. The third kappa shape index (κ3) is 6.41. The number of carboxylic acids is 1. The van der Waals surface area contributed by atoms with Crippen molar-refractivity contribution in [3.63, 3.8) is 0 Å². The zero-order chi connectivity index (χ0) is 26.7. The van der Waals surface area contributed by atoms with E-state index >= 15 is 0 Å². The van der Waals surface area contributed by atoms with Crippen molar-refractivity contribution in [1.82, 2.24) is 10.3 Å². The molecule has 1 aliphatic rings. The molecule has 1 fully saturated rings. The second-order valence-electron chi connectivity index (χ2n) is 9.77. The van der Waals surface area contributed by atoms with E-state index in [1.54, 1.807) is 0 Å². The molecule has 2 heterocycles. The lowest BCUT2D eigenvalue weighted by Gasteiger charge is -2.33. The van der Waals surface area contributed by atoms with E-state index in [-0.39, 0.29) is 25.3 Å². The van der Waals surface area contributed by atoms with Crippen molar-refractivity contribution in [2.24, 2.45) is 5.92 Å². The molecule has 0 aliphatic carbocycles. The summed E-state index contributed by atoms with van der Waals surface area (Å²) in [5, 5.41) is 13.3. The minimum absolute atomic E-state index is 0.114. The van der Waals surface area contributed by atoms with Gasteiger partial charge in [-0.15, -0.1) is 0 Å². The number of rotatable bonds is 8. The lowest BCUT2D eigenvalue weighted by atomic mass is 9.93. The van der Waals surface area contributed by atoms with Crippen LogP contribution in [0.1, 0.15) is 60.0 Å². The van der Waals surface area contributed by atoms with E-state index in [9.17, 15) is 19.1 Å². The van der Waals surface area contributed by atoms with Crippen molar-refractivity contribution in [3.8, 4) is 0 Å². The number of aliphatic carboxylic acids is 1. The maximum atomic E-state index is 14.0. The Morgan fingerprint density at radius 2 is 1.97 bits per heavy atom. The molecule has 1 atom stereocenters. The summed E-state index contributed by atoms with van der Waals surface area (Å²) in [6.07, 6.45) is 2.22. The smallest absolute Gasteiger partial charge is 0.303 e. The van der Waals surface area contributed by atoms with E-state index in [0.29, 0.717) is 22.1 Å². The highest BCUT2D eigenvalue weighted by atomic mass is 79.9. The number of nitrogens with one attached hydrogen (secondary N) is 1. The first-order valence-corrected chi connectivity index (χ1v) is 13.6. The Labute approximate surface area is 229 Å². The molecule has 1 amide bonds. The predicted octanol–water partition coefficient (Wildman–Crippen LogP) is 6.71. The molecule has 1 aromatic heterocycles. The number of hydrogen-bond acceptors (Lipinski definition) is 4. The van der Waals surface area contributed by atoms with E-state index in [1.165, 1.54) is 18.2 Å². The first-order chi connectivity index (χ1) is 17.6. The van der Waals surface area contributed by atoms with Gasteiger partial charge in [0.25, 0.3) is 5.91 Å². The van der Waals surface area contributed by atoms with Crippen LogP contribution in [0, 0.1) is 18.7 Å². The number of halogens is 3. The normalized spacial score (nSPS) is 15.1. The molecule has 0 radical (unpaired) electrons. The van der Waals surface area contributed by atoms with Gasteiger partial charge in [0.2, 0.25) is 0 Å². The van der Waals surface area contributed by atoms with E-state index in [2.05, 4.69) is 33.1 Å². The highest BCUT2D eigenvalue weighted by Gasteiger charge is 2.25. The van der Waals surface area contributed by atoms with Crippen molar-refractivity contribution in [2.45, 2.75) is 45.4 Å². The van der Waals surface area contributed by atoms with Crippen molar-refractivity contribution in [1.29, 1.82) is 0 Å². The molecule has 2 N–H and O–H groups in total. The maximum Gasteiger partial charge on any atom is 0.303 e. The third-order valence-corrected chi connectivity index (χ3v) is 7.93. The van der Waals surface area contributed by atoms with Gasteiger partial charge in [-0.1, -0.05) is 34.5 Å². The number of pyridine rings is 1. The highest BCUT2D eigenvalue weighted by Crippen LogP contribution is 2.33. The first kappa shape index (κ1) is 27.3. The molecule has 1 unspecified atom stereocenters. The van der Waals surface area contributed by atoms with Gasteiger partial charge in [-0.3, -0.25) is 9.59 Å². The number of nitrogens with zero attached hydrogens (tertiary/aromatic N) is 2. The summed E-state index contributed by atoms with van der Waals surface area (Å²) in [6.45, 7) is 6.05. The summed E-state index contributed by atoms with van der Waals surface area (Å²) >= 11 is 9.84. The molecular formula is C28H30BrClFN3O3. The molecule has 1 aliphatic heterocycles. The average Bonchev–Trinajstić information content (AvgIpc) is 2.86. The molecule has 4 rings (SSSR count). The van der Waals surface area contributed by atoms with Crippen LogP contribution in [0.25, 0.3) is 10.9 Å². The van der Waals surface area contributed by atoms with E-state index in [4.69, 9.17) is 16.6 Å². The summed E-state index contributed by atoms with van der Waals surface area (Å²) in [5.41, 5.74) is 2.53. The fraction of sp³-hybridized carbons (Fsp3) is 0.393. The van der Waals surface area contributed by atoms with Gasteiger partial charge in [0.05, 0.1) is 11.1 Å². The molecule has 0 spiro atoms. The van der Waals surface area contributed by atoms with Crippen molar-refractivity contribution in [3.05, 3.63) is 68.4 Å². The second kappa shape index (κ2) is 11.8. The zero-order valence-corrected chi connectivity index (χ0v) is 23.2. The minimum Gasteiger partial charge on any atom is -0.481 e. The molecule has 37 heavy (non-hydrogen) atoms. The van der Waals surface area contributed by atoms with E-state index < -0.39 is 17.7 Å². The number of hydrogen-bond donors (Lipinski definition) is 2. The third-order valence-electron chi connectivity index (χ3n) is 7.09. The Morgan fingerprint density at radius 3 is 2.68 bits per heavy atom. The average molecular weight is 591 g/mol. The number of amides is 1. The number of carbonyl (C=O) groups is 2. The topological polar surface area (TPSA) is 82.5 Å². The summed E-state index contributed by atoms with van der Waals surface area (Å²) in [6, 6.07) is 9.70. The van der Waals surface area contributed by atoms with Gasteiger partial charge in [-0.25, -0.2) is 9.37 Å².